The van der Waals surface area contributed by atoms with Crippen molar-refractivity contribution in [2.24, 2.45) is 0 Å². The van der Waals surface area contributed by atoms with E-state index in [-0.39, 0.29) is 0 Å². The molecular weight excluding hydrogens is 148 g/mol. The van der Waals surface area contributed by atoms with Gasteiger partial charge in [-0.25, -0.2) is 0 Å². The molecule has 0 aliphatic heterocycles. The van der Waals surface area contributed by atoms with Crippen LogP contribution in [0.15, 0.2) is 30.3 Å². The van der Waals surface area contributed by atoms with Crippen molar-refractivity contribution in [3.8, 4) is 0 Å². The second-order valence-corrected chi connectivity index (χ2v) is 2.92. The van der Waals surface area contributed by atoms with Gasteiger partial charge in [-0.05, 0) is 17.9 Å². The first-order valence-corrected chi connectivity index (χ1v) is 4.37. The van der Waals surface area contributed by atoms with Crippen LogP contribution in [0.25, 0.3) is 0 Å². The van der Waals surface area contributed by atoms with Crippen molar-refractivity contribution < 1.29 is 4.79 Å². The first kappa shape index (κ1) is 8.98. The Balaban J connectivity index is 2.72. The van der Waals surface area contributed by atoms with Gasteiger partial charge in [0.05, 0.1) is 0 Å². The smallest absolute Gasteiger partial charge is 0.120 e. The number of carbonyl (C=O) groups excluding carboxylic acids is 1. The second kappa shape index (κ2) is 4.70. The third kappa shape index (κ3) is 2.19. The van der Waals surface area contributed by atoms with Crippen molar-refractivity contribution in [2.75, 3.05) is 0 Å². The van der Waals surface area contributed by atoms with E-state index in [2.05, 4.69) is 19.1 Å². The highest BCUT2D eigenvalue weighted by molar-refractivity contribution is 5.51. The minimum atomic E-state index is 0.406. The summed E-state index contributed by atoms with van der Waals surface area (Å²) in [5, 5.41) is 0. The third-order valence-corrected chi connectivity index (χ3v) is 2.14. The van der Waals surface area contributed by atoms with Crippen LogP contribution in [0.3, 0.4) is 0 Å². The van der Waals surface area contributed by atoms with E-state index in [1.165, 1.54) is 5.56 Å². The van der Waals surface area contributed by atoms with Gasteiger partial charge >= 0.3 is 0 Å². The van der Waals surface area contributed by atoms with Crippen LogP contribution < -0.4 is 0 Å². The quantitative estimate of drug-likeness (QED) is 0.622. The van der Waals surface area contributed by atoms with Gasteiger partial charge in [0.15, 0.2) is 0 Å². The molecular formula is C11H14O. The highest BCUT2D eigenvalue weighted by Gasteiger charge is 2.06. The van der Waals surface area contributed by atoms with Gasteiger partial charge in [0, 0.05) is 6.42 Å². The Morgan fingerprint density at radius 1 is 1.33 bits per heavy atom. The molecule has 1 aromatic rings. The van der Waals surface area contributed by atoms with E-state index in [1.54, 1.807) is 0 Å². The average molecular weight is 162 g/mol. The molecule has 12 heavy (non-hydrogen) atoms. The van der Waals surface area contributed by atoms with E-state index < -0.39 is 0 Å². The lowest BCUT2D eigenvalue weighted by molar-refractivity contribution is -0.108. The first-order valence-electron chi connectivity index (χ1n) is 4.37. The maximum atomic E-state index is 10.3. The van der Waals surface area contributed by atoms with Crippen LogP contribution in [0, 0.1) is 0 Å². The number of hydrogen-bond donors (Lipinski definition) is 0. The van der Waals surface area contributed by atoms with Gasteiger partial charge < -0.3 is 4.79 Å². The van der Waals surface area contributed by atoms with Crippen molar-refractivity contribution >= 4 is 6.29 Å². The zero-order valence-electron chi connectivity index (χ0n) is 7.36. The van der Waals surface area contributed by atoms with Crippen LogP contribution >= 0.6 is 0 Å². The van der Waals surface area contributed by atoms with Gasteiger partial charge in [-0.15, -0.1) is 0 Å². The van der Waals surface area contributed by atoms with Crippen LogP contribution in [-0.2, 0) is 4.79 Å². The Hall–Kier alpha value is -1.11. The van der Waals surface area contributed by atoms with E-state index >= 15 is 0 Å². The predicted molar refractivity (Wildman–Crippen MR) is 50.2 cm³/mol. The molecule has 0 heterocycles. The lowest BCUT2D eigenvalue weighted by Crippen LogP contribution is -1.97. The Kier molecular flexibility index (Phi) is 3.52. The van der Waals surface area contributed by atoms with Crippen molar-refractivity contribution in [1.29, 1.82) is 0 Å². The summed E-state index contributed by atoms with van der Waals surface area (Å²) < 4.78 is 0. The van der Waals surface area contributed by atoms with Crippen LogP contribution in [-0.4, -0.2) is 6.29 Å². The molecule has 0 bridgehead atoms. The van der Waals surface area contributed by atoms with Crippen LogP contribution in [0.1, 0.15) is 31.2 Å². The number of carbonyl (C=O) groups is 1. The molecule has 1 aromatic carbocycles. The van der Waals surface area contributed by atoms with Gasteiger partial charge in [0.2, 0.25) is 0 Å². The SMILES string of the molecule is CC[C@H](CC=O)c1ccccc1. The Morgan fingerprint density at radius 2 is 2.00 bits per heavy atom. The van der Waals surface area contributed by atoms with Crippen LogP contribution in [0.2, 0.25) is 0 Å². The highest BCUT2D eigenvalue weighted by atomic mass is 16.1. The first-order chi connectivity index (χ1) is 5.88. The monoisotopic (exact) mass is 162 g/mol. The van der Waals surface area contributed by atoms with Gasteiger partial charge in [-0.3, -0.25) is 0 Å². The molecule has 0 aliphatic rings. The van der Waals surface area contributed by atoms with Gasteiger partial charge in [-0.1, -0.05) is 37.3 Å². The molecule has 0 unspecified atom stereocenters. The summed E-state index contributed by atoms with van der Waals surface area (Å²) in [5.74, 6) is 0.406. The average Bonchev–Trinajstić information content (AvgIpc) is 2.15. The van der Waals surface area contributed by atoms with Crippen LogP contribution in [0.4, 0.5) is 0 Å². The number of aldehydes is 1. The maximum Gasteiger partial charge on any atom is 0.120 e. The summed E-state index contributed by atoms with van der Waals surface area (Å²) in [5.41, 5.74) is 1.27. The van der Waals surface area contributed by atoms with E-state index in [4.69, 9.17) is 0 Å². The molecule has 0 fully saturated rings. The summed E-state index contributed by atoms with van der Waals surface area (Å²) in [6.45, 7) is 2.11. The van der Waals surface area contributed by atoms with Crippen molar-refractivity contribution in [1.82, 2.24) is 0 Å². The fraction of sp³-hybridized carbons (Fsp3) is 0.364. The molecule has 1 rings (SSSR count). The number of rotatable bonds is 4. The van der Waals surface area contributed by atoms with Gasteiger partial charge in [-0.2, -0.15) is 0 Å². The summed E-state index contributed by atoms with van der Waals surface area (Å²) in [6.07, 6.45) is 2.67. The summed E-state index contributed by atoms with van der Waals surface area (Å²) in [6, 6.07) is 10.2. The third-order valence-electron chi connectivity index (χ3n) is 2.14. The molecule has 0 saturated heterocycles. The zero-order chi connectivity index (χ0) is 8.81. The fourth-order valence-electron chi connectivity index (χ4n) is 1.38. The van der Waals surface area contributed by atoms with Crippen molar-refractivity contribution in [3.05, 3.63) is 35.9 Å². The van der Waals surface area contributed by atoms with Crippen LogP contribution in [0.5, 0.6) is 0 Å². The molecule has 0 amide bonds. The normalized spacial score (nSPS) is 12.4. The van der Waals surface area contributed by atoms with E-state index in [1.807, 2.05) is 18.2 Å². The molecule has 64 valence electrons. The van der Waals surface area contributed by atoms with Crippen molar-refractivity contribution in [2.45, 2.75) is 25.7 Å². The molecule has 0 aromatic heterocycles. The van der Waals surface area contributed by atoms with E-state index in [0.717, 1.165) is 12.7 Å². The Bertz CT molecular complexity index is 228. The largest absolute Gasteiger partial charge is 0.303 e. The molecule has 1 heteroatoms. The van der Waals surface area contributed by atoms with Gasteiger partial charge in [0.25, 0.3) is 0 Å². The highest BCUT2D eigenvalue weighted by Crippen LogP contribution is 2.21. The zero-order valence-corrected chi connectivity index (χ0v) is 7.36. The summed E-state index contributed by atoms with van der Waals surface area (Å²) in [7, 11) is 0. The minimum absolute atomic E-state index is 0.406. The number of hydrogen-bond acceptors (Lipinski definition) is 1. The minimum Gasteiger partial charge on any atom is -0.303 e. The number of benzene rings is 1. The van der Waals surface area contributed by atoms with Gasteiger partial charge in [0.1, 0.15) is 6.29 Å². The van der Waals surface area contributed by atoms with E-state index in [9.17, 15) is 4.79 Å². The van der Waals surface area contributed by atoms with Crippen molar-refractivity contribution in [3.63, 3.8) is 0 Å². The molecule has 1 nitrogen and oxygen atoms in total. The predicted octanol–water partition coefficient (Wildman–Crippen LogP) is 2.77. The summed E-state index contributed by atoms with van der Waals surface area (Å²) in [4.78, 5) is 10.3. The molecule has 0 N–H and O–H groups in total. The molecule has 1 atom stereocenters. The second-order valence-electron chi connectivity index (χ2n) is 2.92. The lowest BCUT2D eigenvalue weighted by Gasteiger charge is -2.10. The molecule has 0 saturated carbocycles. The maximum absolute atomic E-state index is 10.3. The molecule has 0 aliphatic carbocycles. The standard InChI is InChI=1S/C11H14O/c1-2-10(8-9-12)11-6-4-3-5-7-11/h3-7,9-10H,2,8H2,1H3/t10-/m1/s1. The molecule has 0 radical (unpaired) electrons. The lowest BCUT2D eigenvalue weighted by atomic mass is 9.94. The van der Waals surface area contributed by atoms with E-state index in [0.29, 0.717) is 12.3 Å². The summed E-state index contributed by atoms with van der Waals surface area (Å²) >= 11 is 0. The molecule has 0 spiro atoms. The Morgan fingerprint density at radius 3 is 2.50 bits per heavy atom. The topological polar surface area (TPSA) is 17.1 Å². The fourth-order valence-corrected chi connectivity index (χ4v) is 1.38. The Labute approximate surface area is 73.4 Å².